The number of benzene rings is 2. The number of hydrogen-bond acceptors (Lipinski definition) is 7. The molecule has 4 N–H and O–H groups in total. The molecule has 2 aromatic carbocycles. The zero-order valence-corrected chi connectivity index (χ0v) is 23.2. The number of nitrogens with one attached hydrogen (secondary N) is 2. The number of aromatic nitrogens is 1. The molecule has 0 radical (unpaired) electrons. The SMILES string of the molecule is COc1cc(C)cc(OC)c1CCCCCNC(=O)C(CC(N)=O)NC(=O)c1cc2ccccc2n1OC(C)=O. The topological polar surface area (TPSA) is 151 Å². The van der Waals surface area contributed by atoms with Crippen LogP contribution in [0.3, 0.4) is 0 Å². The van der Waals surface area contributed by atoms with Gasteiger partial charge in [-0.15, -0.1) is 0 Å². The number of rotatable bonds is 14. The minimum atomic E-state index is -1.20. The normalized spacial score (nSPS) is 11.5. The molecular formula is C29H36N4O7. The minimum absolute atomic E-state index is 0.000586. The summed E-state index contributed by atoms with van der Waals surface area (Å²) in [5, 5.41) is 5.98. The van der Waals surface area contributed by atoms with Crippen LogP contribution in [0.25, 0.3) is 10.9 Å². The molecule has 0 aliphatic carbocycles. The monoisotopic (exact) mass is 552 g/mol. The third-order valence-corrected chi connectivity index (χ3v) is 6.30. The van der Waals surface area contributed by atoms with Gasteiger partial charge < -0.3 is 30.7 Å². The molecule has 1 atom stereocenters. The van der Waals surface area contributed by atoms with E-state index in [4.69, 9.17) is 20.0 Å². The van der Waals surface area contributed by atoms with Crippen LogP contribution in [0.4, 0.5) is 0 Å². The maximum atomic E-state index is 13.1. The molecule has 1 unspecified atom stereocenters. The first-order chi connectivity index (χ1) is 19.1. The maximum Gasteiger partial charge on any atom is 0.329 e. The number of para-hydroxylation sites is 1. The van der Waals surface area contributed by atoms with Gasteiger partial charge in [-0.05, 0) is 56.0 Å². The maximum absolute atomic E-state index is 13.1. The average molecular weight is 553 g/mol. The molecule has 0 bridgehead atoms. The summed E-state index contributed by atoms with van der Waals surface area (Å²) in [4.78, 5) is 54.5. The van der Waals surface area contributed by atoms with Crippen LogP contribution in [0.2, 0.25) is 0 Å². The summed E-state index contributed by atoms with van der Waals surface area (Å²) in [6.45, 7) is 3.54. The molecule has 3 amide bonds. The van der Waals surface area contributed by atoms with Crippen LogP contribution in [-0.4, -0.2) is 55.2 Å². The highest BCUT2D eigenvalue weighted by atomic mass is 16.7. The smallest absolute Gasteiger partial charge is 0.329 e. The second kappa shape index (κ2) is 14.0. The Balaban J connectivity index is 1.58. The lowest BCUT2D eigenvalue weighted by Crippen LogP contribution is -2.49. The van der Waals surface area contributed by atoms with Crippen LogP contribution in [0.1, 0.15) is 54.2 Å². The zero-order valence-electron chi connectivity index (χ0n) is 23.2. The van der Waals surface area contributed by atoms with Gasteiger partial charge in [0, 0.05) is 24.4 Å². The molecule has 0 fully saturated rings. The zero-order chi connectivity index (χ0) is 29.2. The Morgan fingerprint density at radius 3 is 2.27 bits per heavy atom. The highest BCUT2D eigenvalue weighted by Gasteiger charge is 2.26. The number of amides is 3. The lowest BCUT2D eigenvalue weighted by atomic mass is 10.0. The van der Waals surface area contributed by atoms with Crippen molar-refractivity contribution < 1.29 is 33.5 Å². The molecule has 0 saturated heterocycles. The lowest BCUT2D eigenvalue weighted by molar-refractivity contribution is -0.141. The van der Waals surface area contributed by atoms with Gasteiger partial charge in [-0.2, -0.15) is 4.73 Å². The Morgan fingerprint density at radius 1 is 0.975 bits per heavy atom. The molecule has 3 aromatic rings. The fourth-order valence-corrected chi connectivity index (χ4v) is 4.46. The largest absolute Gasteiger partial charge is 0.496 e. The summed E-state index contributed by atoms with van der Waals surface area (Å²) >= 11 is 0. The van der Waals surface area contributed by atoms with E-state index < -0.39 is 36.2 Å². The molecule has 0 saturated carbocycles. The first-order valence-electron chi connectivity index (χ1n) is 13.0. The van der Waals surface area contributed by atoms with Crippen molar-refractivity contribution in [3.63, 3.8) is 0 Å². The summed E-state index contributed by atoms with van der Waals surface area (Å²) in [6.07, 6.45) is 2.69. The van der Waals surface area contributed by atoms with Gasteiger partial charge in [-0.3, -0.25) is 14.4 Å². The van der Waals surface area contributed by atoms with E-state index in [1.54, 1.807) is 38.5 Å². The number of nitrogens with zero attached hydrogens (tertiary/aromatic N) is 1. The van der Waals surface area contributed by atoms with Crippen LogP contribution in [0.15, 0.2) is 42.5 Å². The molecule has 40 heavy (non-hydrogen) atoms. The van der Waals surface area contributed by atoms with E-state index in [9.17, 15) is 19.2 Å². The molecule has 11 nitrogen and oxygen atoms in total. The Morgan fingerprint density at radius 2 is 1.65 bits per heavy atom. The van der Waals surface area contributed by atoms with Gasteiger partial charge in [-0.1, -0.05) is 24.6 Å². The fraction of sp³-hybridized carbons (Fsp3) is 0.379. The number of carbonyl (C=O) groups excluding carboxylic acids is 4. The summed E-state index contributed by atoms with van der Waals surface area (Å²) in [6, 6.07) is 11.2. The van der Waals surface area contributed by atoms with Crippen LogP contribution in [0.5, 0.6) is 11.5 Å². The highest BCUT2D eigenvalue weighted by molar-refractivity contribution is 6.01. The number of unbranched alkanes of at least 4 members (excludes halogenated alkanes) is 2. The third kappa shape index (κ3) is 7.75. The number of fused-ring (bicyclic) bond motifs is 1. The number of ether oxygens (including phenoxy) is 2. The Kier molecular flexibility index (Phi) is 10.5. The second-order valence-electron chi connectivity index (χ2n) is 9.41. The van der Waals surface area contributed by atoms with E-state index in [2.05, 4.69) is 10.6 Å². The van der Waals surface area contributed by atoms with Crippen molar-refractivity contribution >= 4 is 34.6 Å². The average Bonchev–Trinajstić information content (AvgIpc) is 3.27. The number of aryl methyl sites for hydroxylation is 1. The predicted octanol–water partition coefficient (Wildman–Crippen LogP) is 2.45. The van der Waals surface area contributed by atoms with Gasteiger partial charge in [0.15, 0.2) is 0 Å². The highest BCUT2D eigenvalue weighted by Crippen LogP contribution is 2.31. The van der Waals surface area contributed by atoms with E-state index in [0.29, 0.717) is 23.9 Å². The Labute approximate surface area is 232 Å². The first kappa shape index (κ1) is 30.0. The van der Waals surface area contributed by atoms with Crippen molar-refractivity contribution in [1.82, 2.24) is 15.4 Å². The Hall–Kier alpha value is -4.54. The third-order valence-electron chi connectivity index (χ3n) is 6.30. The summed E-state index contributed by atoms with van der Waals surface area (Å²) < 4.78 is 12.1. The van der Waals surface area contributed by atoms with E-state index in [0.717, 1.165) is 46.6 Å². The van der Waals surface area contributed by atoms with Crippen molar-refractivity contribution in [1.29, 1.82) is 0 Å². The molecule has 0 aliphatic heterocycles. The van der Waals surface area contributed by atoms with Gasteiger partial charge in [-0.25, -0.2) is 4.79 Å². The van der Waals surface area contributed by atoms with Gasteiger partial charge >= 0.3 is 5.97 Å². The van der Waals surface area contributed by atoms with Gasteiger partial charge in [0.2, 0.25) is 11.8 Å². The van der Waals surface area contributed by atoms with Gasteiger partial charge in [0.1, 0.15) is 23.2 Å². The number of primary amides is 1. The molecule has 11 heteroatoms. The molecule has 214 valence electrons. The molecule has 3 rings (SSSR count). The van der Waals surface area contributed by atoms with Crippen molar-refractivity contribution in [2.45, 2.75) is 52.0 Å². The van der Waals surface area contributed by atoms with E-state index >= 15 is 0 Å². The van der Waals surface area contributed by atoms with Crippen LogP contribution in [0, 0.1) is 6.92 Å². The number of carbonyl (C=O) groups is 4. The minimum Gasteiger partial charge on any atom is -0.496 e. The van der Waals surface area contributed by atoms with E-state index in [1.807, 2.05) is 19.1 Å². The standard InChI is InChI=1S/C29H36N4O7/c1-18-14-25(38-3)21(26(15-18)39-4)11-6-5-9-13-31-28(36)22(17-27(30)35)32-29(37)24-16-20-10-7-8-12-23(20)33(24)40-19(2)34/h7-8,10,12,14-16,22H,5-6,9,11,13,17H2,1-4H3,(H2,30,35)(H,31,36)(H,32,37). The van der Waals surface area contributed by atoms with Gasteiger partial charge in [0.05, 0.1) is 26.2 Å². The lowest BCUT2D eigenvalue weighted by Gasteiger charge is -2.18. The van der Waals surface area contributed by atoms with Crippen molar-refractivity contribution in [2.24, 2.45) is 5.73 Å². The number of hydrogen-bond donors (Lipinski definition) is 3. The van der Waals surface area contributed by atoms with E-state index in [1.165, 1.54) is 13.0 Å². The predicted molar refractivity (Wildman–Crippen MR) is 149 cm³/mol. The molecule has 1 heterocycles. The first-order valence-corrected chi connectivity index (χ1v) is 13.0. The van der Waals surface area contributed by atoms with E-state index in [-0.39, 0.29) is 5.69 Å². The second-order valence-corrected chi connectivity index (χ2v) is 9.41. The van der Waals surface area contributed by atoms with Crippen molar-refractivity contribution in [2.75, 3.05) is 20.8 Å². The Bertz CT molecular complexity index is 1360. The molecule has 1 aromatic heterocycles. The summed E-state index contributed by atoms with van der Waals surface area (Å²) in [5.41, 5.74) is 7.89. The van der Waals surface area contributed by atoms with Gasteiger partial charge in [0.25, 0.3) is 5.91 Å². The quantitative estimate of drug-likeness (QED) is 0.260. The fourth-order valence-electron chi connectivity index (χ4n) is 4.46. The molecule has 0 aliphatic rings. The van der Waals surface area contributed by atoms with Crippen LogP contribution >= 0.6 is 0 Å². The molecule has 0 spiro atoms. The number of methoxy groups -OCH3 is 2. The molecular weight excluding hydrogens is 516 g/mol. The summed E-state index contributed by atoms with van der Waals surface area (Å²) in [5.74, 6) is -1.04. The van der Waals surface area contributed by atoms with Crippen LogP contribution < -0.4 is 30.7 Å². The number of nitrogens with two attached hydrogens (primary N) is 1. The van der Waals surface area contributed by atoms with Crippen molar-refractivity contribution in [3.05, 3.63) is 59.3 Å². The summed E-state index contributed by atoms with van der Waals surface area (Å²) in [7, 11) is 3.26. The van der Waals surface area contributed by atoms with Crippen LogP contribution in [-0.2, 0) is 20.8 Å². The van der Waals surface area contributed by atoms with Crippen molar-refractivity contribution in [3.8, 4) is 11.5 Å².